The number of aliphatic imine (C=N–C) groups is 1. The maximum Gasteiger partial charge on any atom is 0.153 e. The average Bonchev–Trinajstić information content (AvgIpc) is 2.38. The van der Waals surface area contributed by atoms with Gasteiger partial charge in [0.25, 0.3) is 0 Å². The first-order valence-corrected chi connectivity index (χ1v) is 5.29. The van der Waals surface area contributed by atoms with Gasteiger partial charge in [0.15, 0.2) is 6.29 Å². The third-order valence-corrected chi connectivity index (χ3v) is 2.35. The highest BCUT2D eigenvalue weighted by Gasteiger charge is 2.03. The molecule has 1 heterocycles. The van der Waals surface area contributed by atoms with Gasteiger partial charge >= 0.3 is 0 Å². The molecule has 16 heavy (non-hydrogen) atoms. The Bertz CT molecular complexity index is 435. The second kappa shape index (κ2) is 5.26. The summed E-state index contributed by atoms with van der Waals surface area (Å²) in [6, 6.07) is 7.19. The summed E-state index contributed by atoms with van der Waals surface area (Å²) >= 11 is 0. The molecule has 0 aliphatic carbocycles. The molecule has 3 heteroatoms. The van der Waals surface area contributed by atoms with Gasteiger partial charge in [-0.1, -0.05) is 18.2 Å². The SMILES string of the molecule is O=Cc1ccccc1OCC1=CCCC=N1. The molecule has 1 aromatic rings. The van der Waals surface area contributed by atoms with Crippen LogP contribution < -0.4 is 4.74 Å². The van der Waals surface area contributed by atoms with Gasteiger partial charge in [0.05, 0.1) is 11.3 Å². The van der Waals surface area contributed by atoms with Crippen LogP contribution in [0.4, 0.5) is 0 Å². The molecule has 3 nitrogen and oxygen atoms in total. The van der Waals surface area contributed by atoms with E-state index in [1.54, 1.807) is 12.1 Å². The topological polar surface area (TPSA) is 38.7 Å². The Kier molecular flexibility index (Phi) is 3.49. The Balaban J connectivity index is 2.01. The van der Waals surface area contributed by atoms with Gasteiger partial charge in [-0.15, -0.1) is 0 Å². The Morgan fingerprint density at radius 3 is 2.94 bits per heavy atom. The molecule has 0 aromatic heterocycles. The van der Waals surface area contributed by atoms with Crippen LogP contribution in [0.3, 0.4) is 0 Å². The standard InChI is InChI=1S/C13H13NO2/c15-9-11-5-1-2-7-13(11)16-10-12-6-3-4-8-14-12/h1-2,5-9H,3-4,10H2. The molecule has 0 amide bonds. The Morgan fingerprint density at radius 1 is 1.31 bits per heavy atom. The molecule has 0 unspecified atom stereocenters. The fraction of sp³-hybridized carbons (Fsp3) is 0.231. The van der Waals surface area contributed by atoms with Gasteiger partial charge in [0, 0.05) is 6.21 Å². The smallest absolute Gasteiger partial charge is 0.153 e. The van der Waals surface area contributed by atoms with E-state index in [1.165, 1.54) is 0 Å². The molecular formula is C13H13NO2. The fourth-order valence-corrected chi connectivity index (χ4v) is 1.52. The number of hydrogen-bond acceptors (Lipinski definition) is 3. The minimum absolute atomic E-state index is 0.418. The number of benzene rings is 1. The summed E-state index contributed by atoms with van der Waals surface area (Å²) in [5.41, 5.74) is 1.50. The van der Waals surface area contributed by atoms with Gasteiger partial charge in [0.1, 0.15) is 12.4 Å². The maximum atomic E-state index is 10.8. The highest BCUT2D eigenvalue weighted by molar-refractivity contribution is 5.79. The summed E-state index contributed by atoms with van der Waals surface area (Å²) in [6.45, 7) is 0.418. The third kappa shape index (κ3) is 2.57. The number of carbonyl (C=O) groups excluding carboxylic acids is 1. The molecular weight excluding hydrogens is 202 g/mol. The zero-order valence-corrected chi connectivity index (χ0v) is 8.93. The quantitative estimate of drug-likeness (QED) is 0.724. The van der Waals surface area contributed by atoms with Crippen molar-refractivity contribution in [1.29, 1.82) is 0 Å². The minimum atomic E-state index is 0.418. The van der Waals surface area contributed by atoms with Crippen LogP contribution in [-0.2, 0) is 0 Å². The van der Waals surface area contributed by atoms with Crippen LogP contribution in [0.25, 0.3) is 0 Å². The minimum Gasteiger partial charge on any atom is -0.487 e. The molecule has 2 rings (SSSR count). The molecule has 0 bridgehead atoms. The van der Waals surface area contributed by atoms with Crippen LogP contribution >= 0.6 is 0 Å². The molecule has 0 atom stereocenters. The number of aldehydes is 1. The average molecular weight is 215 g/mol. The number of hydrogen-bond donors (Lipinski definition) is 0. The van der Waals surface area contributed by atoms with Crippen LogP contribution in [-0.4, -0.2) is 19.1 Å². The summed E-state index contributed by atoms with van der Waals surface area (Å²) in [4.78, 5) is 15.0. The normalized spacial score (nSPS) is 14.4. The molecule has 0 spiro atoms. The van der Waals surface area contributed by atoms with Crippen molar-refractivity contribution in [1.82, 2.24) is 0 Å². The van der Waals surface area contributed by atoms with Gasteiger partial charge in [0.2, 0.25) is 0 Å². The number of nitrogens with zero attached hydrogens (tertiary/aromatic N) is 1. The van der Waals surface area contributed by atoms with Crippen molar-refractivity contribution in [3.8, 4) is 5.75 Å². The monoisotopic (exact) mass is 215 g/mol. The Morgan fingerprint density at radius 2 is 2.19 bits per heavy atom. The van der Waals surface area contributed by atoms with Crippen LogP contribution in [0.5, 0.6) is 5.75 Å². The molecule has 0 fully saturated rings. The number of para-hydroxylation sites is 1. The fourth-order valence-electron chi connectivity index (χ4n) is 1.52. The van der Waals surface area contributed by atoms with Gasteiger partial charge in [-0.3, -0.25) is 9.79 Å². The molecule has 1 aromatic carbocycles. The van der Waals surface area contributed by atoms with E-state index in [-0.39, 0.29) is 0 Å². The summed E-state index contributed by atoms with van der Waals surface area (Å²) in [6.07, 6.45) is 6.76. The van der Waals surface area contributed by atoms with Crippen LogP contribution in [0.15, 0.2) is 41.0 Å². The van der Waals surface area contributed by atoms with Crippen molar-refractivity contribution >= 4 is 12.5 Å². The molecule has 0 saturated heterocycles. The van der Waals surface area contributed by atoms with Crippen molar-refractivity contribution < 1.29 is 9.53 Å². The van der Waals surface area contributed by atoms with E-state index in [0.29, 0.717) is 17.9 Å². The highest BCUT2D eigenvalue weighted by atomic mass is 16.5. The second-order valence-corrected chi connectivity index (χ2v) is 3.53. The summed E-state index contributed by atoms with van der Waals surface area (Å²) in [5.74, 6) is 0.610. The third-order valence-electron chi connectivity index (χ3n) is 2.35. The molecule has 82 valence electrons. The number of rotatable bonds is 4. The van der Waals surface area contributed by atoms with Crippen molar-refractivity contribution in [2.45, 2.75) is 12.8 Å². The molecule has 0 radical (unpaired) electrons. The molecule has 1 aliphatic rings. The first kappa shape index (κ1) is 10.6. The predicted octanol–water partition coefficient (Wildman–Crippen LogP) is 2.63. The van der Waals surface area contributed by atoms with Crippen molar-refractivity contribution in [2.75, 3.05) is 6.61 Å². The van der Waals surface area contributed by atoms with Crippen molar-refractivity contribution in [2.24, 2.45) is 4.99 Å². The van der Waals surface area contributed by atoms with E-state index in [2.05, 4.69) is 11.1 Å². The predicted molar refractivity (Wildman–Crippen MR) is 63.1 cm³/mol. The number of carbonyl (C=O) groups is 1. The lowest BCUT2D eigenvalue weighted by Crippen LogP contribution is -2.03. The van der Waals surface area contributed by atoms with Gasteiger partial charge in [-0.2, -0.15) is 0 Å². The van der Waals surface area contributed by atoms with Gasteiger partial charge in [-0.25, -0.2) is 0 Å². The maximum absolute atomic E-state index is 10.8. The van der Waals surface area contributed by atoms with Crippen LogP contribution in [0.1, 0.15) is 23.2 Å². The Hall–Kier alpha value is -1.90. The van der Waals surface area contributed by atoms with Gasteiger partial charge in [-0.05, 0) is 25.0 Å². The number of allylic oxidation sites excluding steroid dienone is 1. The first-order valence-electron chi connectivity index (χ1n) is 5.29. The Labute approximate surface area is 94.5 Å². The lowest BCUT2D eigenvalue weighted by molar-refractivity contribution is 0.112. The van der Waals surface area contributed by atoms with E-state index in [9.17, 15) is 4.79 Å². The molecule has 0 N–H and O–H groups in total. The van der Waals surface area contributed by atoms with Crippen LogP contribution in [0.2, 0.25) is 0 Å². The largest absolute Gasteiger partial charge is 0.487 e. The summed E-state index contributed by atoms with van der Waals surface area (Å²) < 4.78 is 5.55. The first-order chi connectivity index (χ1) is 7.90. The van der Waals surface area contributed by atoms with Crippen molar-refractivity contribution in [3.05, 3.63) is 41.6 Å². The second-order valence-electron chi connectivity index (χ2n) is 3.53. The summed E-state index contributed by atoms with van der Waals surface area (Å²) in [5, 5.41) is 0. The van der Waals surface area contributed by atoms with E-state index >= 15 is 0 Å². The van der Waals surface area contributed by atoms with E-state index in [1.807, 2.05) is 18.3 Å². The van der Waals surface area contributed by atoms with Crippen molar-refractivity contribution in [3.63, 3.8) is 0 Å². The van der Waals surface area contributed by atoms with E-state index in [4.69, 9.17) is 4.74 Å². The summed E-state index contributed by atoms with van der Waals surface area (Å²) in [7, 11) is 0. The zero-order valence-electron chi connectivity index (χ0n) is 8.93. The molecule has 1 aliphatic heterocycles. The van der Waals surface area contributed by atoms with E-state index in [0.717, 1.165) is 24.8 Å². The lowest BCUT2D eigenvalue weighted by Gasteiger charge is -2.10. The highest BCUT2D eigenvalue weighted by Crippen LogP contribution is 2.17. The number of ether oxygens (including phenoxy) is 1. The van der Waals surface area contributed by atoms with Gasteiger partial charge < -0.3 is 4.74 Å². The van der Waals surface area contributed by atoms with E-state index < -0.39 is 0 Å². The lowest BCUT2D eigenvalue weighted by atomic mass is 10.2. The molecule has 0 saturated carbocycles. The van der Waals surface area contributed by atoms with Crippen LogP contribution in [0, 0.1) is 0 Å². The zero-order chi connectivity index (χ0) is 11.2.